The zero-order chi connectivity index (χ0) is 14.8. The highest BCUT2D eigenvalue weighted by atomic mass is 32.1. The second kappa shape index (κ2) is 5.58. The first kappa shape index (κ1) is 13.6. The first-order valence-electron chi connectivity index (χ1n) is 6.73. The highest BCUT2D eigenvalue weighted by molar-refractivity contribution is 7.20. The fraction of sp³-hybridized carbons (Fsp3) is 0.118. The van der Waals surface area contributed by atoms with Crippen molar-refractivity contribution in [1.82, 2.24) is 0 Å². The maximum atomic E-state index is 7.56. The Hall–Kier alpha value is -2.33. The third-order valence-corrected chi connectivity index (χ3v) is 4.49. The van der Waals surface area contributed by atoms with Gasteiger partial charge < -0.3 is 10.5 Å². The number of benzene rings is 2. The minimum Gasteiger partial charge on any atom is -0.485 e. The summed E-state index contributed by atoms with van der Waals surface area (Å²) >= 11 is 1.51. The summed E-state index contributed by atoms with van der Waals surface area (Å²) in [5, 5.41) is 8.57. The zero-order valence-corrected chi connectivity index (χ0v) is 12.5. The van der Waals surface area contributed by atoms with Gasteiger partial charge in [-0.3, -0.25) is 5.41 Å². The van der Waals surface area contributed by atoms with Crippen molar-refractivity contribution < 1.29 is 4.74 Å². The van der Waals surface area contributed by atoms with Crippen molar-refractivity contribution in [2.45, 2.75) is 13.0 Å². The molecule has 1 unspecified atom stereocenters. The van der Waals surface area contributed by atoms with Crippen LogP contribution < -0.4 is 10.5 Å². The first-order valence-corrected chi connectivity index (χ1v) is 7.55. The van der Waals surface area contributed by atoms with E-state index in [4.69, 9.17) is 15.9 Å². The van der Waals surface area contributed by atoms with Crippen LogP contribution in [0.1, 0.15) is 23.5 Å². The molecule has 4 heteroatoms. The summed E-state index contributed by atoms with van der Waals surface area (Å²) in [7, 11) is 0. The molecule has 106 valence electrons. The van der Waals surface area contributed by atoms with E-state index in [-0.39, 0.29) is 11.9 Å². The molecule has 0 aliphatic heterocycles. The van der Waals surface area contributed by atoms with Crippen LogP contribution in [0.2, 0.25) is 0 Å². The van der Waals surface area contributed by atoms with Gasteiger partial charge in [0, 0.05) is 10.1 Å². The third-order valence-electron chi connectivity index (χ3n) is 3.36. The van der Waals surface area contributed by atoms with Gasteiger partial charge >= 0.3 is 0 Å². The molecule has 1 atom stereocenters. The Morgan fingerprint density at radius 3 is 2.62 bits per heavy atom. The number of hydrogen-bond acceptors (Lipinski definition) is 3. The molecule has 0 bridgehead atoms. The third kappa shape index (κ3) is 2.76. The monoisotopic (exact) mass is 296 g/mol. The number of ether oxygens (including phenoxy) is 1. The van der Waals surface area contributed by atoms with Crippen LogP contribution in [0.4, 0.5) is 0 Å². The van der Waals surface area contributed by atoms with Gasteiger partial charge in [-0.1, -0.05) is 36.4 Å². The molecule has 3 aromatic rings. The summed E-state index contributed by atoms with van der Waals surface area (Å²) in [4.78, 5) is 0.772. The maximum Gasteiger partial charge on any atom is 0.133 e. The van der Waals surface area contributed by atoms with Crippen LogP contribution in [0.5, 0.6) is 5.75 Å². The minimum atomic E-state index is -0.0301. The van der Waals surface area contributed by atoms with E-state index in [0.717, 1.165) is 26.3 Å². The van der Waals surface area contributed by atoms with Crippen LogP contribution in [-0.4, -0.2) is 5.84 Å². The molecule has 2 aromatic carbocycles. The molecule has 1 heterocycles. The van der Waals surface area contributed by atoms with Gasteiger partial charge in [-0.2, -0.15) is 0 Å². The molecule has 0 fully saturated rings. The largest absolute Gasteiger partial charge is 0.485 e. The molecular formula is C17H16N2OS. The summed E-state index contributed by atoms with van der Waals surface area (Å²) in [6.45, 7) is 2.03. The highest BCUT2D eigenvalue weighted by Gasteiger charge is 2.12. The Labute approximate surface area is 127 Å². The molecule has 3 rings (SSSR count). The molecule has 1 aromatic heterocycles. The number of nitrogen functional groups attached to an aromatic ring is 1. The van der Waals surface area contributed by atoms with E-state index < -0.39 is 0 Å². The lowest BCUT2D eigenvalue weighted by Crippen LogP contribution is -2.08. The Morgan fingerprint density at radius 2 is 1.90 bits per heavy atom. The molecule has 0 amide bonds. The summed E-state index contributed by atoms with van der Waals surface area (Å²) in [6, 6.07) is 18.0. The molecule has 0 aliphatic carbocycles. The van der Waals surface area contributed by atoms with E-state index in [0.29, 0.717) is 0 Å². The Kier molecular flexibility index (Phi) is 3.62. The van der Waals surface area contributed by atoms with Crippen molar-refractivity contribution in [2.75, 3.05) is 0 Å². The van der Waals surface area contributed by atoms with Crippen LogP contribution in [0.15, 0.2) is 54.6 Å². The van der Waals surface area contributed by atoms with E-state index in [1.165, 1.54) is 11.3 Å². The molecule has 0 spiro atoms. The highest BCUT2D eigenvalue weighted by Crippen LogP contribution is 2.34. The Balaban J connectivity index is 1.95. The minimum absolute atomic E-state index is 0.0301. The van der Waals surface area contributed by atoms with Crippen LogP contribution in [0.25, 0.3) is 10.1 Å². The van der Waals surface area contributed by atoms with Crippen LogP contribution >= 0.6 is 11.3 Å². The Bertz CT molecular complexity index is 780. The van der Waals surface area contributed by atoms with Crippen LogP contribution in [-0.2, 0) is 0 Å². The summed E-state index contributed by atoms with van der Waals surface area (Å²) in [5.74, 6) is 0.922. The number of amidine groups is 1. The van der Waals surface area contributed by atoms with Crippen LogP contribution in [0.3, 0.4) is 0 Å². The van der Waals surface area contributed by atoms with E-state index in [1.807, 2.05) is 49.4 Å². The fourth-order valence-electron chi connectivity index (χ4n) is 2.25. The summed E-state index contributed by atoms with van der Waals surface area (Å²) < 4.78 is 7.18. The molecule has 0 saturated carbocycles. The standard InChI is InChI=1S/C17H16N2OS/c1-11(12-6-3-2-4-7-12)20-14-8-5-9-15-13(14)10-16(21-15)17(18)19/h2-11H,1H3,(H3,18,19). The van der Waals surface area contributed by atoms with Crippen molar-refractivity contribution in [3.63, 3.8) is 0 Å². The molecule has 3 nitrogen and oxygen atoms in total. The number of nitrogens with two attached hydrogens (primary N) is 1. The lowest BCUT2D eigenvalue weighted by Gasteiger charge is -2.15. The molecule has 0 saturated heterocycles. The van der Waals surface area contributed by atoms with E-state index in [9.17, 15) is 0 Å². The van der Waals surface area contributed by atoms with Gasteiger partial charge in [0.15, 0.2) is 0 Å². The molecule has 0 radical (unpaired) electrons. The van der Waals surface area contributed by atoms with Gasteiger partial charge in [0.2, 0.25) is 0 Å². The SMILES string of the molecule is CC(Oc1cccc2sc(C(=N)N)cc12)c1ccccc1. The van der Waals surface area contributed by atoms with Crippen molar-refractivity contribution in [1.29, 1.82) is 5.41 Å². The van der Waals surface area contributed by atoms with E-state index >= 15 is 0 Å². The van der Waals surface area contributed by atoms with Gasteiger partial charge in [0.05, 0.1) is 4.88 Å². The van der Waals surface area contributed by atoms with E-state index in [1.54, 1.807) is 0 Å². The summed E-state index contributed by atoms with van der Waals surface area (Å²) in [5.41, 5.74) is 6.71. The van der Waals surface area contributed by atoms with Crippen molar-refractivity contribution in [3.05, 3.63) is 65.0 Å². The number of fused-ring (bicyclic) bond motifs is 1. The molecular weight excluding hydrogens is 280 g/mol. The number of thiophene rings is 1. The fourth-order valence-corrected chi connectivity index (χ4v) is 3.19. The van der Waals surface area contributed by atoms with Gasteiger partial charge in [0.1, 0.15) is 17.7 Å². The molecule has 3 N–H and O–H groups in total. The quantitative estimate of drug-likeness (QED) is 0.556. The van der Waals surface area contributed by atoms with Gasteiger partial charge in [0.25, 0.3) is 0 Å². The predicted molar refractivity (Wildman–Crippen MR) is 88.3 cm³/mol. The van der Waals surface area contributed by atoms with Crippen LogP contribution in [0, 0.1) is 5.41 Å². The normalized spacial score (nSPS) is 12.2. The summed E-state index contributed by atoms with van der Waals surface area (Å²) in [6.07, 6.45) is -0.0301. The number of nitrogens with one attached hydrogen (secondary N) is 1. The maximum absolute atomic E-state index is 7.56. The predicted octanol–water partition coefficient (Wildman–Crippen LogP) is 4.33. The topological polar surface area (TPSA) is 59.1 Å². The lowest BCUT2D eigenvalue weighted by molar-refractivity contribution is 0.230. The van der Waals surface area contributed by atoms with Crippen molar-refractivity contribution in [2.24, 2.45) is 5.73 Å². The number of rotatable bonds is 4. The average Bonchev–Trinajstić information content (AvgIpc) is 2.93. The Morgan fingerprint density at radius 1 is 1.14 bits per heavy atom. The van der Waals surface area contributed by atoms with Gasteiger partial charge in [-0.25, -0.2) is 0 Å². The molecule has 0 aliphatic rings. The second-order valence-corrected chi connectivity index (χ2v) is 5.95. The average molecular weight is 296 g/mol. The van der Waals surface area contributed by atoms with Gasteiger partial charge in [-0.05, 0) is 30.7 Å². The second-order valence-electron chi connectivity index (χ2n) is 4.86. The smallest absolute Gasteiger partial charge is 0.133 e. The lowest BCUT2D eigenvalue weighted by atomic mass is 10.1. The molecule has 21 heavy (non-hydrogen) atoms. The number of hydrogen-bond donors (Lipinski definition) is 2. The van der Waals surface area contributed by atoms with E-state index in [2.05, 4.69) is 12.1 Å². The van der Waals surface area contributed by atoms with Gasteiger partial charge in [-0.15, -0.1) is 11.3 Å². The zero-order valence-electron chi connectivity index (χ0n) is 11.7. The van der Waals surface area contributed by atoms with Crippen molar-refractivity contribution in [3.8, 4) is 5.75 Å². The van der Waals surface area contributed by atoms with Crippen molar-refractivity contribution >= 4 is 27.3 Å². The first-order chi connectivity index (χ1) is 10.1.